The molecule has 1 fully saturated rings. The Morgan fingerprint density at radius 2 is 2.44 bits per heavy atom. The molecule has 2 atom stereocenters. The van der Waals surface area contributed by atoms with Gasteiger partial charge in [-0.15, -0.1) is 0 Å². The van der Waals surface area contributed by atoms with Crippen molar-refractivity contribution in [3.05, 3.63) is 18.0 Å². The van der Waals surface area contributed by atoms with Gasteiger partial charge in [-0.25, -0.2) is 0 Å². The SMILES string of the molecule is CCCNC1CCOCC1CCc1ccnn1C. The van der Waals surface area contributed by atoms with E-state index in [1.165, 1.54) is 18.5 Å². The number of aromatic nitrogens is 2. The van der Waals surface area contributed by atoms with Crippen LogP contribution >= 0.6 is 0 Å². The van der Waals surface area contributed by atoms with E-state index in [0.29, 0.717) is 12.0 Å². The molecule has 2 rings (SSSR count). The van der Waals surface area contributed by atoms with Crippen molar-refractivity contribution in [1.29, 1.82) is 0 Å². The summed E-state index contributed by atoms with van der Waals surface area (Å²) in [5.74, 6) is 0.639. The summed E-state index contributed by atoms with van der Waals surface area (Å²) >= 11 is 0. The van der Waals surface area contributed by atoms with Gasteiger partial charge in [-0.2, -0.15) is 5.10 Å². The Bertz CT molecular complexity index is 351. The molecule has 1 N–H and O–H groups in total. The third-order valence-corrected chi connectivity index (χ3v) is 3.82. The summed E-state index contributed by atoms with van der Waals surface area (Å²) < 4.78 is 7.60. The fraction of sp³-hybridized carbons (Fsp3) is 0.786. The highest BCUT2D eigenvalue weighted by atomic mass is 16.5. The molecule has 0 aromatic carbocycles. The average molecular weight is 251 g/mol. The number of ether oxygens (including phenoxy) is 1. The van der Waals surface area contributed by atoms with Crippen LogP contribution in [0.4, 0.5) is 0 Å². The summed E-state index contributed by atoms with van der Waals surface area (Å²) in [5, 5.41) is 7.88. The van der Waals surface area contributed by atoms with Crippen LogP contribution in [0.2, 0.25) is 0 Å². The highest BCUT2D eigenvalue weighted by Gasteiger charge is 2.24. The Morgan fingerprint density at radius 3 is 3.17 bits per heavy atom. The first-order valence-corrected chi connectivity index (χ1v) is 7.09. The van der Waals surface area contributed by atoms with E-state index in [2.05, 4.69) is 23.4 Å². The minimum Gasteiger partial charge on any atom is -0.381 e. The topological polar surface area (TPSA) is 39.1 Å². The van der Waals surface area contributed by atoms with E-state index in [1.54, 1.807) is 0 Å². The molecule has 2 unspecified atom stereocenters. The largest absolute Gasteiger partial charge is 0.381 e. The Balaban J connectivity index is 1.83. The number of aryl methyl sites for hydroxylation is 2. The summed E-state index contributed by atoms with van der Waals surface area (Å²) in [6.45, 7) is 5.15. The van der Waals surface area contributed by atoms with Gasteiger partial charge < -0.3 is 10.1 Å². The molecule has 4 heteroatoms. The number of hydrogen-bond acceptors (Lipinski definition) is 3. The highest BCUT2D eigenvalue weighted by Crippen LogP contribution is 2.20. The molecule has 1 aliphatic rings. The Morgan fingerprint density at radius 1 is 1.56 bits per heavy atom. The predicted molar refractivity (Wildman–Crippen MR) is 72.5 cm³/mol. The number of hydrogen-bond donors (Lipinski definition) is 1. The van der Waals surface area contributed by atoms with Crippen LogP contribution in [-0.2, 0) is 18.2 Å². The van der Waals surface area contributed by atoms with Gasteiger partial charge in [0.15, 0.2) is 0 Å². The van der Waals surface area contributed by atoms with Crippen LogP contribution in [0.1, 0.15) is 31.9 Å². The van der Waals surface area contributed by atoms with Gasteiger partial charge in [0.25, 0.3) is 0 Å². The van der Waals surface area contributed by atoms with Crippen molar-refractivity contribution in [3.8, 4) is 0 Å². The lowest BCUT2D eigenvalue weighted by Gasteiger charge is -2.32. The van der Waals surface area contributed by atoms with Gasteiger partial charge in [-0.3, -0.25) is 4.68 Å². The van der Waals surface area contributed by atoms with Crippen molar-refractivity contribution in [1.82, 2.24) is 15.1 Å². The second-order valence-electron chi connectivity index (χ2n) is 5.17. The first kappa shape index (κ1) is 13.6. The van der Waals surface area contributed by atoms with Crippen LogP contribution in [0.25, 0.3) is 0 Å². The van der Waals surface area contributed by atoms with Gasteiger partial charge in [0.05, 0.1) is 6.61 Å². The zero-order valence-corrected chi connectivity index (χ0v) is 11.6. The van der Waals surface area contributed by atoms with E-state index in [-0.39, 0.29) is 0 Å². The third-order valence-electron chi connectivity index (χ3n) is 3.82. The number of nitrogens with zero attached hydrogens (tertiary/aromatic N) is 2. The monoisotopic (exact) mass is 251 g/mol. The molecule has 0 saturated carbocycles. The molecule has 1 saturated heterocycles. The van der Waals surface area contributed by atoms with Crippen LogP contribution in [0.3, 0.4) is 0 Å². The maximum atomic E-state index is 5.63. The summed E-state index contributed by atoms with van der Waals surface area (Å²) in [4.78, 5) is 0. The lowest BCUT2D eigenvalue weighted by molar-refractivity contribution is 0.0288. The van der Waals surface area contributed by atoms with Gasteiger partial charge in [0.2, 0.25) is 0 Å². The third kappa shape index (κ3) is 3.56. The first-order valence-electron chi connectivity index (χ1n) is 7.09. The van der Waals surface area contributed by atoms with Gasteiger partial charge in [0.1, 0.15) is 0 Å². The molecule has 102 valence electrons. The molecule has 0 aliphatic carbocycles. The standard InChI is InChI=1S/C14H25N3O/c1-3-8-15-14-7-10-18-11-12(14)4-5-13-6-9-16-17(13)2/h6,9,12,14-15H,3-5,7-8,10-11H2,1-2H3. The second-order valence-corrected chi connectivity index (χ2v) is 5.17. The van der Waals surface area contributed by atoms with Crippen LogP contribution in [0.5, 0.6) is 0 Å². The van der Waals surface area contributed by atoms with Crippen LogP contribution in [0.15, 0.2) is 12.3 Å². The Hall–Kier alpha value is -0.870. The van der Waals surface area contributed by atoms with E-state index in [4.69, 9.17) is 4.74 Å². The molecular formula is C14H25N3O. The predicted octanol–water partition coefficient (Wildman–Crippen LogP) is 1.76. The molecule has 1 aromatic heterocycles. The molecule has 0 bridgehead atoms. The van der Waals surface area contributed by atoms with E-state index < -0.39 is 0 Å². The molecule has 1 aromatic rings. The van der Waals surface area contributed by atoms with Crippen LogP contribution in [-0.4, -0.2) is 35.6 Å². The molecule has 0 amide bonds. The van der Waals surface area contributed by atoms with Crippen molar-refractivity contribution in [2.45, 2.75) is 38.6 Å². The molecule has 18 heavy (non-hydrogen) atoms. The molecule has 2 heterocycles. The quantitative estimate of drug-likeness (QED) is 0.837. The maximum Gasteiger partial charge on any atom is 0.0509 e. The highest BCUT2D eigenvalue weighted by molar-refractivity contribution is 5.00. The minimum atomic E-state index is 0.631. The molecule has 1 aliphatic heterocycles. The van der Waals surface area contributed by atoms with Gasteiger partial charge in [-0.05, 0) is 44.2 Å². The lowest BCUT2D eigenvalue weighted by atomic mass is 9.90. The van der Waals surface area contributed by atoms with Crippen molar-refractivity contribution in [2.24, 2.45) is 13.0 Å². The zero-order chi connectivity index (χ0) is 12.8. The molecule has 4 nitrogen and oxygen atoms in total. The fourth-order valence-corrected chi connectivity index (χ4v) is 2.66. The smallest absolute Gasteiger partial charge is 0.0509 e. The maximum absolute atomic E-state index is 5.63. The normalized spacial score (nSPS) is 24.3. The first-order chi connectivity index (χ1) is 8.81. The molecule has 0 radical (unpaired) electrons. The number of rotatable bonds is 6. The lowest BCUT2D eigenvalue weighted by Crippen LogP contribution is -2.43. The van der Waals surface area contributed by atoms with Crippen molar-refractivity contribution >= 4 is 0 Å². The van der Waals surface area contributed by atoms with Crippen molar-refractivity contribution in [3.63, 3.8) is 0 Å². The summed E-state index contributed by atoms with van der Waals surface area (Å²) in [7, 11) is 2.01. The molecule has 0 spiro atoms. The van der Waals surface area contributed by atoms with Crippen molar-refractivity contribution < 1.29 is 4.74 Å². The van der Waals surface area contributed by atoms with E-state index in [9.17, 15) is 0 Å². The van der Waals surface area contributed by atoms with Gasteiger partial charge >= 0.3 is 0 Å². The van der Waals surface area contributed by atoms with Crippen LogP contribution in [0, 0.1) is 5.92 Å². The minimum absolute atomic E-state index is 0.631. The fourth-order valence-electron chi connectivity index (χ4n) is 2.66. The average Bonchev–Trinajstić information content (AvgIpc) is 2.80. The number of nitrogens with one attached hydrogen (secondary N) is 1. The van der Waals surface area contributed by atoms with E-state index >= 15 is 0 Å². The summed E-state index contributed by atoms with van der Waals surface area (Å²) in [6, 6.07) is 2.74. The van der Waals surface area contributed by atoms with E-state index in [0.717, 1.165) is 32.6 Å². The zero-order valence-electron chi connectivity index (χ0n) is 11.6. The summed E-state index contributed by atoms with van der Waals surface area (Å²) in [5.41, 5.74) is 1.31. The van der Waals surface area contributed by atoms with Crippen molar-refractivity contribution in [2.75, 3.05) is 19.8 Å². The summed E-state index contributed by atoms with van der Waals surface area (Å²) in [6.07, 6.45) is 6.50. The Labute approximate surface area is 110 Å². The second kappa shape index (κ2) is 6.90. The Kier molecular flexibility index (Phi) is 5.20. The van der Waals surface area contributed by atoms with Gasteiger partial charge in [0, 0.05) is 31.6 Å². The van der Waals surface area contributed by atoms with Gasteiger partial charge in [-0.1, -0.05) is 6.92 Å². The molecular weight excluding hydrogens is 226 g/mol. The van der Waals surface area contributed by atoms with Crippen LogP contribution < -0.4 is 5.32 Å². The van der Waals surface area contributed by atoms with E-state index in [1.807, 2.05) is 17.9 Å².